The lowest BCUT2D eigenvalue weighted by Crippen LogP contribution is -2.21. The van der Waals surface area contributed by atoms with Gasteiger partial charge in [0.25, 0.3) is 0 Å². The zero-order valence-electron chi connectivity index (χ0n) is 13.0. The van der Waals surface area contributed by atoms with Crippen LogP contribution in [0.3, 0.4) is 0 Å². The molecule has 1 atom stereocenters. The van der Waals surface area contributed by atoms with E-state index in [0.29, 0.717) is 12.7 Å². The van der Waals surface area contributed by atoms with E-state index in [1.165, 1.54) is 18.4 Å². The minimum Gasteiger partial charge on any atom is -0.490 e. The highest BCUT2D eigenvalue weighted by Crippen LogP contribution is 2.39. The Labute approximate surface area is 136 Å². The smallest absolute Gasteiger partial charge is 0.175 e. The van der Waals surface area contributed by atoms with Crippen LogP contribution in [0.25, 0.3) is 0 Å². The van der Waals surface area contributed by atoms with Crippen LogP contribution in [0.5, 0.6) is 11.5 Å². The van der Waals surface area contributed by atoms with Crippen molar-refractivity contribution in [1.82, 2.24) is 0 Å². The highest BCUT2D eigenvalue weighted by molar-refractivity contribution is 9.10. The van der Waals surface area contributed by atoms with E-state index >= 15 is 0 Å². The maximum absolute atomic E-state index is 6.17. The van der Waals surface area contributed by atoms with Crippen molar-refractivity contribution in [3.63, 3.8) is 0 Å². The van der Waals surface area contributed by atoms with E-state index in [1.807, 2.05) is 6.92 Å². The molecule has 0 aromatic heterocycles. The number of ether oxygens (including phenoxy) is 2. The third-order valence-corrected chi connectivity index (χ3v) is 4.57. The fraction of sp³-hybridized carbons (Fsp3) is 0.647. The molecule has 0 saturated heterocycles. The Morgan fingerprint density at radius 2 is 2.00 bits per heavy atom. The molecule has 0 aliphatic heterocycles. The molecular formula is C17H26BrNO2. The lowest BCUT2D eigenvalue weighted by molar-refractivity contribution is 0.195. The molecular weight excluding hydrogens is 330 g/mol. The average Bonchev–Trinajstić information content (AvgIpc) is 2.96. The monoisotopic (exact) mass is 355 g/mol. The van der Waals surface area contributed by atoms with Gasteiger partial charge in [-0.2, -0.15) is 0 Å². The molecule has 1 unspecified atom stereocenters. The van der Waals surface area contributed by atoms with Crippen LogP contribution in [0.1, 0.15) is 51.5 Å². The number of nitrogens with two attached hydrogens (primary N) is 1. The molecule has 0 spiro atoms. The van der Waals surface area contributed by atoms with Crippen molar-refractivity contribution in [2.45, 2.75) is 64.5 Å². The SMILES string of the molecule is CCOc1cc(CC(N)CC)cc(Br)c1OC1CCCC1. The van der Waals surface area contributed by atoms with Gasteiger partial charge in [0.1, 0.15) is 0 Å². The quantitative estimate of drug-likeness (QED) is 0.785. The van der Waals surface area contributed by atoms with Gasteiger partial charge < -0.3 is 15.2 Å². The van der Waals surface area contributed by atoms with E-state index in [4.69, 9.17) is 15.2 Å². The Hall–Kier alpha value is -0.740. The molecule has 2 rings (SSSR count). The lowest BCUT2D eigenvalue weighted by Gasteiger charge is -2.19. The van der Waals surface area contributed by atoms with E-state index in [0.717, 1.165) is 41.7 Å². The molecule has 1 aromatic carbocycles. The van der Waals surface area contributed by atoms with Crippen molar-refractivity contribution in [3.8, 4) is 11.5 Å². The van der Waals surface area contributed by atoms with Gasteiger partial charge in [-0.1, -0.05) is 6.92 Å². The summed E-state index contributed by atoms with van der Waals surface area (Å²) >= 11 is 3.64. The van der Waals surface area contributed by atoms with Crippen molar-refractivity contribution in [2.24, 2.45) is 5.73 Å². The second-order valence-corrected chi connectivity index (χ2v) is 6.59. The van der Waals surface area contributed by atoms with Crippen molar-refractivity contribution in [3.05, 3.63) is 22.2 Å². The van der Waals surface area contributed by atoms with E-state index in [9.17, 15) is 0 Å². The molecule has 1 saturated carbocycles. The molecule has 4 heteroatoms. The molecule has 0 radical (unpaired) electrons. The summed E-state index contributed by atoms with van der Waals surface area (Å²) in [5.41, 5.74) is 7.25. The van der Waals surface area contributed by atoms with Crippen LogP contribution in [0.15, 0.2) is 16.6 Å². The first-order valence-corrected chi connectivity index (χ1v) is 8.80. The highest BCUT2D eigenvalue weighted by Gasteiger charge is 2.21. The fourth-order valence-electron chi connectivity index (χ4n) is 2.74. The number of hydrogen-bond donors (Lipinski definition) is 1. The predicted molar refractivity (Wildman–Crippen MR) is 90.2 cm³/mol. The second-order valence-electron chi connectivity index (χ2n) is 5.73. The lowest BCUT2D eigenvalue weighted by atomic mass is 10.0. The Kier molecular flexibility index (Phi) is 6.37. The standard InChI is InChI=1S/C17H26BrNO2/c1-3-13(19)9-12-10-15(18)17(16(11-12)20-4-2)21-14-7-5-6-8-14/h10-11,13-14H,3-9,19H2,1-2H3. The van der Waals surface area contributed by atoms with Gasteiger partial charge in [0.05, 0.1) is 17.2 Å². The van der Waals surface area contributed by atoms with Crippen LogP contribution in [-0.4, -0.2) is 18.8 Å². The van der Waals surface area contributed by atoms with Gasteiger partial charge in [-0.15, -0.1) is 0 Å². The molecule has 1 aliphatic carbocycles. The first-order chi connectivity index (χ1) is 10.1. The third-order valence-electron chi connectivity index (χ3n) is 3.98. The molecule has 0 heterocycles. The zero-order valence-corrected chi connectivity index (χ0v) is 14.6. The van der Waals surface area contributed by atoms with E-state index in [2.05, 4.69) is 35.0 Å². The normalized spacial score (nSPS) is 17.0. The second kappa shape index (κ2) is 8.04. The van der Waals surface area contributed by atoms with Crippen LogP contribution < -0.4 is 15.2 Å². The van der Waals surface area contributed by atoms with Crippen molar-refractivity contribution < 1.29 is 9.47 Å². The largest absolute Gasteiger partial charge is 0.490 e. The topological polar surface area (TPSA) is 44.5 Å². The van der Waals surface area contributed by atoms with Crippen LogP contribution in [0.2, 0.25) is 0 Å². The Balaban J connectivity index is 2.21. The third kappa shape index (κ3) is 4.62. The summed E-state index contributed by atoms with van der Waals surface area (Å²) in [7, 11) is 0. The maximum Gasteiger partial charge on any atom is 0.175 e. The summed E-state index contributed by atoms with van der Waals surface area (Å²) in [4.78, 5) is 0. The molecule has 2 N–H and O–H groups in total. The van der Waals surface area contributed by atoms with Gasteiger partial charge >= 0.3 is 0 Å². The molecule has 1 aromatic rings. The van der Waals surface area contributed by atoms with E-state index in [-0.39, 0.29) is 6.04 Å². The van der Waals surface area contributed by atoms with Crippen molar-refractivity contribution in [1.29, 1.82) is 0 Å². The van der Waals surface area contributed by atoms with Crippen LogP contribution in [-0.2, 0) is 6.42 Å². The Morgan fingerprint density at radius 1 is 1.29 bits per heavy atom. The van der Waals surface area contributed by atoms with Crippen molar-refractivity contribution >= 4 is 15.9 Å². The van der Waals surface area contributed by atoms with Gasteiger partial charge in [0.15, 0.2) is 11.5 Å². The summed E-state index contributed by atoms with van der Waals surface area (Å²) in [5.74, 6) is 1.68. The van der Waals surface area contributed by atoms with E-state index < -0.39 is 0 Å². The number of rotatable bonds is 7. The van der Waals surface area contributed by atoms with Crippen LogP contribution in [0.4, 0.5) is 0 Å². The molecule has 0 amide bonds. The highest BCUT2D eigenvalue weighted by atomic mass is 79.9. The van der Waals surface area contributed by atoms with Crippen LogP contribution in [0, 0.1) is 0 Å². The minimum atomic E-state index is 0.188. The Bertz CT molecular complexity index is 458. The number of hydrogen-bond acceptors (Lipinski definition) is 3. The fourth-order valence-corrected chi connectivity index (χ4v) is 3.32. The molecule has 1 aliphatic rings. The first kappa shape index (κ1) is 16.6. The summed E-state index contributed by atoms with van der Waals surface area (Å²) in [6.07, 6.45) is 6.96. The number of halogens is 1. The Morgan fingerprint density at radius 3 is 2.62 bits per heavy atom. The van der Waals surface area contributed by atoms with Gasteiger partial charge in [-0.05, 0) is 79.1 Å². The van der Waals surface area contributed by atoms with Crippen molar-refractivity contribution in [2.75, 3.05) is 6.61 Å². The van der Waals surface area contributed by atoms with Gasteiger partial charge in [0.2, 0.25) is 0 Å². The molecule has 1 fully saturated rings. The van der Waals surface area contributed by atoms with Gasteiger partial charge in [0, 0.05) is 6.04 Å². The first-order valence-electron chi connectivity index (χ1n) is 8.01. The van der Waals surface area contributed by atoms with Gasteiger partial charge in [-0.25, -0.2) is 0 Å². The predicted octanol–water partition coefficient (Wildman–Crippen LogP) is 4.45. The summed E-state index contributed by atoms with van der Waals surface area (Å²) in [5, 5.41) is 0. The van der Waals surface area contributed by atoms with Crippen LogP contribution >= 0.6 is 15.9 Å². The zero-order chi connectivity index (χ0) is 15.2. The molecule has 3 nitrogen and oxygen atoms in total. The molecule has 0 bridgehead atoms. The average molecular weight is 356 g/mol. The molecule has 118 valence electrons. The molecule has 21 heavy (non-hydrogen) atoms. The maximum atomic E-state index is 6.17. The summed E-state index contributed by atoms with van der Waals surface area (Å²) in [6.45, 7) is 4.75. The summed E-state index contributed by atoms with van der Waals surface area (Å²) < 4.78 is 12.9. The van der Waals surface area contributed by atoms with E-state index in [1.54, 1.807) is 0 Å². The van der Waals surface area contributed by atoms with Gasteiger partial charge in [-0.3, -0.25) is 0 Å². The number of benzene rings is 1. The minimum absolute atomic E-state index is 0.188. The summed E-state index contributed by atoms with van der Waals surface area (Å²) in [6, 6.07) is 4.38.